The fourth-order valence-electron chi connectivity index (χ4n) is 4.76. The van der Waals surface area contributed by atoms with Crippen LogP contribution in [0.2, 0.25) is 5.02 Å². The van der Waals surface area contributed by atoms with Crippen molar-refractivity contribution in [1.29, 1.82) is 0 Å². The molecule has 1 aromatic rings. The fraction of sp³-hybridized carbons (Fsp3) is 0.619. The lowest BCUT2D eigenvalue weighted by Gasteiger charge is -2.47. The second-order valence-electron chi connectivity index (χ2n) is 8.12. The summed E-state index contributed by atoms with van der Waals surface area (Å²) in [4.78, 5) is 5.07. The predicted molar refractivity (Wildman–Crippen MR) is 114 cm³/mol. The zero-order valence-corrected chi connectivity index (χ0v) is 17.3. The first-order valence-corrected chi connectivity index (χ1v) is 10.7. The maximum absolute atomic E-state index is 6.06. The number of ether oxygens (including phenoxy) is 1. The van der Waals surface area contributed by atoms with Gasteiger partial charge >= 0.3 is 0 Å². The first kappa shape index (κ1) is 19.7. The summed E-state index contributed by atoms with van der Waals surface area (Å²) < 4.78 is 5.72. The topological polar surface area (TPSA) is 66.5 Å². The van der Waals surface area contributed by atoms with Crippen LogP contribution in [0.3, 0.4) is 0 Å². The largest absolute Gasteiger partial charge is 0.385 e. The maximum Gasteiger partial charge on any atom is 0.135 e. The van der Waals surface area contributed by atoms with Gasteiger partial charge in [0.05, 0.1) is 12.5 Å². The zero-order valence-electron chi connectivity index (χ0n) is 16.6. The number of hydrogen-bond donors (Lipinski definition) is 1. The van der Waals surface area contributed by atoms with Crippen LogP contribution in [0.5, 0.6) is 0 Å². The number of nitrogens with two attached hydrogens (primary N) is 1. The van der Waals surface area contributed by atoms with E-state index in [2.05, 4.69) is 32.1 Å². The summed E-state index contributed by atoms with van der Waals surface area (Å²) in [7, 11) is 1.84. The molecular weight excluding hydrogens is 374 g/mol. The fourth-order valence-corrected chi connectivity index (χ4v) is 4.88. The van der Waals surface area contributed by atoms with Gasteiger partial charge in [0.15, 0.2) is 0 Å². The Morgan fingerprint density at radius 3 is 2.50 bits per heavy atom. The van der Waals surface area contributed by atoms with Crippen LogP contribution in [0, 0.1) is 0 Å². The molecule has 3 aliphatic heterocycles. The van der Waals surface area contributed by atoms with Crippen molar-refractivity contribution in [2.45, 2.75) is 56.7 Å². The van der Waals surface area contributed by atoms with E-state index < -0.39 is 0 Å². The summed E-state index contributed by atoms with van der Waals surface area (Å²) in [6.45, 7) is 3.07. The van der Waals surface area contributed by atoms with Gasteiger partial charge in [0.2, 0.25) is 0 Å². The molecule has 2 N–H and O–H groups in total. The summed E-state index contributed by atoms with van der Waals surface area (Å²) in [6.07, 6.45) is 6.71. The molecule has 0 unspecified atom stereocenters. The molecule has 1 aromatic carbocycles. The zero-order chi connectivity index (χ0) is 19.5. The molecule has 0 saturated carbocycles. The third-order valence-electron chi connectivity index (χ3n) is 6.35. The third kappa shape index (κ3) is 4.50. The molecule has 28 heavy (non-hydrogen) atoms. The van der Waals surface area contributed by atoms with Crippen molar-refractivity contribution in [3.63, 3.8) is 0 Å². The minimum atomic E-state index is 0.340. The molecule has 3 aliphatic rings. The molecule has 4 rings (SSSR count). The Morgan fingerprint density at radius 2 is 1.86 bits per heavy atom. The average molecular weight is 404 g/mol. The molecule has 0 aromatic heterocycles. The van der Waals surface area contributed by atoms with E-state index in [0.717, 1.165) is 56.2 Å². The first-order valence-electron chi connectivity index (χ1n) is 10.3. The van der Waals surface area contributed by atoms with Crippen molar-refractivity contribution >= 4 is 23.3 Å². The van der Waals surface area contributed by atoms with Gasteiger partial charge in [-0.2, -0.15) is 0 Å². The molecular formula is C21H30ClN5O. The number of hydrogen-bond acceptors (Lipinski definition) is 6. The number of methoxy groups -OCH3 is 1. The van der Waals surface area contributed by atoms with Crippen LogP contribution in [0.25, 0.3) is 0 Å². The van der Waals surface area contributed by atoms with Gasteiger partial charge in [-0.15, -0.1) is 10.2 Å². The van der Waals surface area contributed by atoms with Crippen molar-refractivity contribution in [2.75, 3.05) is 26.7 Å². The molecule has 6 nitrogen and oxygen atoms in total. The Hall–Kier alpha value is -1.63. The molecule has 0 aliphatic carbocycles. The Morgan fingerprint density at radius 1 is 1.11 bits per heavy atom. The number of likely N-dealkylation sites (tertiary alicyclic amines) is 2. The normalized spacial score (nSPS) is 27.0. The lowest BCUT2D eigenvalue weighted by Crippen LogP contribution is -2.55. The van der Waals surface area contributed by atoms with E-state index in [9.17, 15) is 0 Å². The molecule has 2 fully saturated rings. The number of benzene rings is 1. The second-order valence-corrected chi connectivity index (χ2v) is 8.56. The van der Waals surface area contributed by atoms with Crippen molar-refractivity contribution < 1.29 is 4.74 Å². The van der Waals surface area contributed by atoms with E-state index in [1.165, 1.54) is 12.0 Å². The summed E-state index contributed by atoms with van der Waals surface area (Å²) in [5, 5.41) is 9.04. The van der Waals surface area contributed by atoms with Crippen LogP contribution in [-0.2, 0) is 11.2 Å². The first-order chi connectivity index (χ1) is 13.6. The van der Waals surface area contributed by atoms with Gasteiger partial charge in [-0.25, -0.2) is 0 Å². The van der Waals surface area contributed by atoms with Gasteiger partial charge in [0, 0.05) is 43.9 Å². The van der Waals surface area contributed by atoms with E-state index in [-0.39, 0.29) is 0 Å². The van der Waals surface area contributed by atoms with E-state index in [1.807, 2.05) is 19.2 Å². The molecule has 0 amide bonds. The van der Waals surface area contributed by atoms with Gasteiger partial charge in [-0.3, -0.25) is 4.90 Å². The quantitative estimate of drug-likeness (QED) is 0.839. The van der Waals surface area contributed by atoms with Gasteiger partial charge in [-0.1, -0.05) is 23.7 Å². The molecule has 2 saturated heterocycles. The highest BCUT2D eigenvalue weighted by Gasteiger charge is 2.35. The van der Waals surface area contributed by atoms with Crippen LogP contribution in [0.1, 0.15) is 37.7 Å². The van der Waals surface area contributed by atoms with Gasteiger partial charge < -0.3 is 15.4 Å². The van der Waals surface area contributed by atoms with Gasteiger partial charge in [0.25, 0.3) is 0 Å². The summed E-state index contributed by atoms with van der Waals surface area (Å²) in [5.41, 5.74) is 7.15. The van der Waals surface area contributed by atoms with E-state index in [4.69, 9.17) is 22.1 Å². The number of rotatable bonds is 4. The molecule has 0 bridgehead atoms. The van der Waals surface area contributed by atoms with Crippen molar-refractivity contribution in [3.05, 3.63) is 34.9 Å². The van der Waals surface area contributed by atoms with Crippen molar-refractivity contribution in [1.82, 2.24) is 9.80 Å². The predicted octanol–water partition coefficient (Wildman–Crippen LogP) is 2.90. The SMILES string of the molecule is CO[C@@H]1CC[C@H](Cc2ccc(Cl)cc2)N(C2CCN(C3=NN=C(N)C3)CC2)C1. The van der Waals surface area contributed by atoms with Gasteiger partial charge in [-0.05, 0) is 49.8 Å². The Bertz CT molecular complexity index is 727. The smallest absolute Gasteiger partial charge is 0.135 e. The maximum atomic E-state index is 6.06. The monoisotopic (exact) mass is 403 g/mol. The third-order valence-corrected chi connectivity index (χ3v) is 6.61. The van der Waals surface area contributed by atoms with Crippen LogP contribution >= 0.6 is 11.6 Å². The molecule has 0 spiro atoms. The number of halogens is 1. The summed E-state index contributed by atoms with van der Waals surface area (Å²) >= 11 is 6.06. The van der Waals surface area contributed by atoms with Crippen LogP contribution in [-0.4, -0.2) is 66.4 Å². The van der Waals surface area contributed by atoms with Gasteiger partial charge in [0.1, 0.15) is 11.7 Å². The van der Waals surface area contributed by atoms with Crippen molar-refractivity contribution in [2.24, 2.45) is 15.9 Å². The molecule has 7 heteroatoms. The second kappa shape index (κ2) is 8.80. The number of amidine groups is 2. The highest BCUT2D eigenvalue weighted by atomic mass is 35.5. The van der Waals surface area contributed by atoms with E-state index >= 15 is 0 Å². The van der Waals surface area contributed by atoms with E-state index in [0.29, 0.717) is 30.4 Å². The summed E-state index contributed by atoms with van der Waals surface area (Å²) in [5.74, 6) is 1.65. The lowest BCUT2D eigenvalue weighted by atomic mass is 9.90. The minimum Gasteiger partial charge on any atom is -0.385 e. The van der Waals surface area contributed by atoms with Crippen LogP contribution in [0.15, 0.2) is 34.5 Å². The van der Waals surface area contributed by atoms with Crippen LogP contribution < -0.4 is 5.73 Å². The molecule has 3 heterocycles. The lowest BCUT2D eigenvalue weighted by molar-refractivity contribution is -0.0243. The van der Waals surface area contributed by atoms with Crippen molar-refractivity contribution in [3.8, 4) is 0 Å². The number of nitrogens with zero attached hydrogens (tertiary/aromatic N) is 4. The Balaban J connectivity index is 1.40. The Labute approximate surface area is 172 Å². The average Bonchev–Trinajstić information content (AvgIpc) is 3.16. The standard InChI is InChI=1S/C21H30ClN5O/c1-28-19-7-6-18(12-15-2-4-16(22)5-3-15)27(14-19)17-8-10-26(11-9-17)21-13-20(23)24-25-21/h2-5,17-19H,6-14H2,1H3,(H2,23,24)/t18-,19-/m1/s1. The minimum absolute atomic E-state index is 0.340. The summed E-state index contributed by atoms with van der Waals surface area (Å²) in [6, 6.07) is 9.47. The number of piperidine rings is 2. The highest BCUT2D eigenvalue weighted by Crippen LogP contribution is 2.29. The Kier molecular flexibility index (Phi) is 6.19. The molecule has 2 atom stereocenters. The van der Waals surface area contributed by atoms with Crippen LogP contribution in [0.4, 0.5) is 0 Å². The molecule has 152 valence electrons. The molecule has 0 radical (unpaired) electrons. The highest BCUT2D eigenvalue weighted by molar-refractivity contribution is 6.30. The van der Waals surface area contributed by atoms with E-state index in [1.54, 1.807) is 0 Å².